The summed E-state index contributed by atoms with van der Waals surface area (Å²) in [4.78, 5) is 6.34. The molecule has 0 aliphatic carbocycles. The molecule has 0 unspecified atom stereocenters. The predicted octanol–water partition coefficient (Wildman–Crippen LogP) is 2.17. The Hall–Kier alpha value is -1.67. The van der Waals surface area contributed by atoms with Crippen molar-refractivity contribution in [3.8, 4) is 6.19 Å². The lowest BCUT2D eigenvalue weighted by molar-refractivity contribution is 1.13. The summed E-state index contributed by atoms with van der Waals surface area (Å²) in [5.74, 6) is 0. The van der Waals surface area contributed by atoms with Gasteiger partial charge in [0, 0.05) is 19.8 Å². The van der Waals surface area contributed by atoms with Gasteiger partial charge in [0.2, 0.25) is 0 Å². The summed E-state index contributed by atoms with van der Waals surface area (Å²) in [6, 6.07) is 7.82. The van der Waals surface area contributed by atoms with Crippen molar-refractivity contribution in [3.05, 3.63) is 24.3 Å². The molecule has 1 aromatic rings. The van der Waals surface area contributed by atoms with Crippen molar-refractivity contribution in [2.75, 3.05) is 25.3 Å². The summed E-state index contributed by atoms with van der Waals surface area (Å²) < 4.78 is 0. The molecule has 84 valence electrons. The molecule has 1 N–H and O–H groups in total. The van der Waals surface area contributed by atoms with E-state index in [1.807, 2.05) is 55.7 Å². The molecule has 0 amide bonds. The third kappa shape index (κ3) is 3.48. The third-order valence-corrected chi connectivity index (χ3v) is 2.51. The molecule has 0 atom stereocenters. The zero-order chi connectivity index (χ0) is 12.0. The molecule has 1 aromatic carbocycles. The van der Waals surface area contributed by atoms with E-state index in [1.54, 1.807) is 0 Å². The Labute approximate surface area is 100.0 Å². The van der Waals surface area contributed by atoms with Crippen LogP contribution in [-0.2, 0) is 0 Å². The van der Waals surface area contributed by atoms with Crippen molar-refractivity contribution in [3.63, 3.8) is 0 Å². The van der Waals surface area contributed by atoms with Crippen molar-refractivity contribution >= 4 is 28.3 Å². The maximum atomic E-state index is 8.53. The van der Waals surface area contributed by atoms with Gasteiger partial charge in [0.15, 0.2) is 11.4 Å². The summed E-state index contributed by atoms with van der Waals surface area (Å²) in [5.41, 5.74) is 1.91. The Morgan fingerprint density at radius 3 is 2.81 bits per heavy atom. The smallest absolute Gasteiger partial charge is 0.183 e. The zero-order valence-corrected chi connectivity index (χ0v) is 10.4. The van der Waals surface area contributed by atoms with Crippen LogP contribution in [0.15, 0.2) is 29.3 Å². The number of nitrogens with one attached hydrogen (secondary N) is 1. The first-order valence-corrected chi connectivity index (χ1v) is 5.95. The standard InChI is InChI=1S/C11H14N4S/c1-15(2)10-6-4-5-9(7-10)14-11(16-3)13-8-12/h4-7H,1-3H3,(H,13,14). The number of nitriles is 1. The van der Waals surface area contributed by atoms with Gasteiger partial charge >= 0.3 is 0 Å². The van der Waals surface area contributed by atoms with Gasteiger partial charge in [0.25, 0.3) is 0 Å². The number of hydrogen-bond acceptors (Lipinski definition) is 4. The van der Waals surface area contributed by atoms with Crippen molar-refractivity contribution in [1.82, 2.24) is 5.32 Å². The van der Waals surface area contributed by atoms with E-state index in [1.165, 1.54) is 11.8 Å². The molecule has 0 aromatic heterocycles. The average Bonchev–Trinajstić information content (AvgIpc) is 2.29. The zero-order valence-electron chi connectivity index (χ0n) is 9.56. The Kier molecular flexibility index (Phi) is 4.67. The minimum atomic E-state index is 0.596. The second-order valence-corrected chi connectivity index (χ2v) is 4.07. The number of anilines is 1. The number of amidine groups is 1. The molecule has 0 heterocycles. The van der Waals surface area contributed by atoms with E-state index < -0.39 is 0 Å². The van der Waals surface area contributed by atoms with Crippen LogP contribution in [-0.4, -0.2) is 25.5 Å². The van der Waals surface area contributed by atoms with E-state index in [0.29, 0.717) is 5.17 Å². The number of benzene rings is 1. The van der Waals surface area contributed by atoms with Gasteiger partial charge in [-0.15, -0.1) is 0 Å². The average molecular weight is 234 g/mol. The van der Waals surface area contributed by atoms with Crippen molar-refractivity contribution < 1.29 is 0 Å². The Balaban J connectivity index is 2.96. The van der Waals surface area contributed by atoms with Crippen LogP contribution in [0, 0.1) is 11.5 Å². The molecule has 4 nitrogen and oxygen atoms in total. The minimum absolute atomic E-state index is 0.596. The van der Waals surface area contributed by atoms with Crippen molar-refractivity contribution in [1.29, 1.82) is 5.26 Å². The summed E-state index contributed by atoms with van der Waals surface area (Å²) >= 11 is 1.41. The first-order valence-electron chi connectivity index (χ1n) is 4.72. The molecular weight excluding hydrogens is 220 g/mol. The second-order valence-electron chi connectivity index (χ2n) is 3.27. The number of nitrogens with zero attached hydrogens (tertiary/aromatic N) is 3. The summed E-state index contributed by atoms with van der Waals surface area (Å²) in [7, 11) is 3.96. The number of hydrogen-bond donors (Lipinski definition) is 1. The molecule has 0 fully saturated rings. The molecular formula is C11H14N4S. The van der Waals surface area contributed by atoms with Crippen molar-refractivity contribution in [2.24, 2.45) is 4.99 Å². The van der Waals surface area contributed by atoms with Gasteiger partial charge in [-0.3, -0.25) is 5.32 Å². The maximum absolute atomic E-state index is 8.53. The van der Waals surface area contributed by atoms with Gasteiger partial charge in [0.05, 0.1) is 5.69 Å². The van der Waals surface area contributed by atoms with E-state index in [-0.39, 0.29) is 0 Å². The summed E-state index contributed by atoms with van der Waals surface area (Å²) in [6.07, 6.45) is 3.74. The van der Waals surface area contributed by atoms with E-state index in [4.69, 9.17) is 5.26 Å². The highest BCUT2D eigenvalue weighted by Gasteiger charge is 1.99. The highest BCUT2D eigenvalue weighted by Crippen LogP contribution is 2.20. The lowest BCUT2D eigenvalue weighted by Gasteiger charge is -2.12. The normalized spacial score (nSPS) is 10.8. The Morgan fingerprint density at radius 1 is 1.50 bits per heavy atom. The van der Waals surface area contributed by atoms with Gasteiger partial charge in [-0.2, -0.15) is 5.26 Å². The van der Waals surface area contributed by atoms with Crippen LogP contribution in [0.3, 0.4) is 0 Å². The maximum Gasteiger partial charge on any atom is 0.183 e. The Morgan fingerprint density at radius 2 is 2.25 bits per heavy atom. The molecule has 5 heteroatoms. The monoisotopic (exact) mass is 234 g/mol. The van der Waals surface area contributed by atoms with Crippen LogP contribution in [0.1, 0.15) is 0 Å². The van der Waals surface area contributed by atoms with E-state index in [9.17, 15) is 0 Å². The molecule has 0 saturated carbocycles. The minimum Gasteiger partial charge on any atom is -0.378 e. The predicted molar refractivity (Wildman–Crippen MR) is 70.1 cm³/mol. The quantitative estimate of drug-likeness (QED) is 0.369. The molecule has 0 spiro atoms. The van der Waals surface area contributed by atoms with Gasteiger partial charge in [-0.25, -0.2) is 4.99 Å². The van der Waals surface area contributed by atoms with Gasteiger partial charge in [-0.1, -0.05) is 17.8 Å². The fourth-order valence-corrected chi connectivity index (χ4v) is 1.47. The first-order chi connectivity index (χ1) is 7.67. The molecule has 0 bridgehead atoms. The van der Waals surface area contributed by atoms with Crippen LogP contribution in [0.4, 0.5) is 11.4 Å². The number of rotatable bonds is 2. The van der Waals surface area contributed by atoms with E-state index in [0.717, 1.165) is 11.4 Å². The van der Waals surface area contributed by atoms with Crippen molar-refractivity contribution in [2.45, 2.75) is 0 Å². The molecule has 0 radical (unpaired) electrons. The van der Waals surface area contributed by atoms with E-state index in [2.05, 4.69) is 10.3 Å². The lowest BCUT2D eigenvalue weighted by atomic mass is 10.3. The second kappa shape index (κ2) is 6.03. The molecule has 16 heavy (non-hydrogen) atoms. The van der Waals surface area contributed by atoms with Crippen LogP contribution in [0.2, 0.25) is 0 Å². The van der Waals surface area contributed by atoms with Crippen LogP contribution in [0.5, 0.6) is 0 Å². The largest absolute Gasteiger partial charge is 0.378 e. The molecule has 0 saturated heterocycles. The topological polar surface area (TPSA) is 51.4 Å². The van der Waals surface area contributed by atoms with Gasteiger partial charge in [-0.05, 0) is 24.5 Å². The molecule has 0 aliphatic heterocycles. The summed E-state index contributed by atoms with van der Waals surface area (Å²) in [6.45, 7) is 0. The highest BCUT2D eigenvalue weighted by atomic mass is 32.2. The molecule has 1 rings (SSSR count). The van der Waals surface area contributed by atoms with Gasteiger partial charge in [0.1, 0.15) is 0 Å². The van der Waals surface area contributed by atoms with Crippen LogP contribution in [0.25, 0.3) is 0 Å². The number of aliphatic imine (C=N–C) groups is 1. The lowest BCUT2D eigenvalue weighted by Crippen LogP contribution is -2.12. The fourth-order valence-electron chi connectivity index (χ4n) is 1.13. The van der Waals surface area contributed by atoms with Crippen LogP contribution >= 0.6 is 11.8 Å². The summed E-state index contributed by atoms with van der Waals surface area (Å²) in [5, 5.41) is 11.7. The SMILES string of the molecule is CSC(=Nc1cccc(N(C)C)c1)NC#N. The molecule has 0 aliphatic rings. The highest BCUT2D eigenvalue weighted by molar-refractivity contribution is 8.13. The Bertz CT molecular complexity index is 420. The van der Waals surface area contributed by atoms with Gasteiger partial charge < -0.3 is 4.90 Å². The number of thioether (sulfide) groups is 1. The fraction of sp³-hybridized carbons (Fsp3) is 0.273. The first kappa shape index (κ1) is 12.4. The third-order valence-electron chi connectivity index (χ3n) is 1.93. The van der Waals surface area contributed by atoms with Crippen LogP contribution < -0.4 is 10.2 Å². The van der Waals surface area contributed by atoms with E-state index >= 15 is 0 Å².